The van der Waals surface area contributed by atoms with E-state index in [1.165, 1.54) is 0 Å². The van der Waals surface area contributed by atoms with Gasteiger partial charge in [-0.05, 0) is 19.1 Å². The number of amides is 1. The van der Waals surface area contributed by atoms with Gasteiger partial charge in [0.2, 0.25) is 6.10 Å². The summed E-state index contributed by atoms with van der Waals surface area (Å²) in [5.74, 6) is 1.60. The van der Waals surface area contributed by atoms with Crippen LogP contribution in [-0.2, 0) is 11.2 Å². The van der Waals surface area contributed by atoms with E-state index in [1.54, 1.807) is 13.0 Å². The number of benzene rings is 1. The minimum atomic E-state index is -0.695. The fourth-order valence-electron chi connectivity index (χ4n) is 2.17. The third-order valence-corrected chi connectivity index (χ3v) is 3.30. The van der Waals surface area contributed by atoms with Crippen molar-refractivity contribution in [1.29, 1.82) is 0 Å². The molecule has 0 fully saturated rings. The highest BCUT2D eigenvalue weighted by Gasteiger charge is 2.28. The van der Waals surface area contributed by atoms with E-state index in [1.807, 2.05) is 25.1 Å². The fourth-order valence-corrected chi connectivity index (χ4v) is 2.17. The number of hydrogen-bond acceptors (Lipinski definition) is 5. The zero-order valence-corrected chi connectivity index (χ0v) is 11.9. The molecule has 2 heterocycles. The molecule has 2 aromatic rings. The topological polar surface area (TPSA) is 73.6 Å². The molecule has 6 heteroatoms. The van der Waals surface area contributed by atoms with Crippen molar-refractivity contribution in [3.05, 3.63) is 35.7 Å². The van der Waals surface area contributed by atoms with E-state index in [9.17, 15) is 4.79 Å². The number of carbonyl (C=O) groups excluding carboxylic acids is 1. The maximum absolute atomic E-state index is 12.3. The number of ether oxygens (including phenoxy) is 2. The Morgan fingerprint density at radius 2 is 2.14 bits per heavy atom. The quantitative estimate of drug-likeness (QED) is 0.938. The number of nitrogens with zero attached hydrogens (tertiary/aromatic N) is 1. The Morgan fingerprint density at radius 3 is 2.90 bits per heavy atom. The summed E-state index contributed by atoms with van der Waals surface area (Å²) in [6.07, 6.45) is -0.0414. The number of carbonyl (C=O) groups is 1. The van der Waals surface area contributed by atoms with Gasteiger partial charge in [-0.3, -0.25) is 4.79 Å². The predicted octanol–water partition coefficient (Wildman–Crippen LogP) is 2.32. The number of anilines is 1. The maximum atomic E-state index is 12.3. The minimum absolute atomic E-state index is 0.175. The van der Waals surface area contributed by atoms with Crippen molar-refractivity contribution in [1.82, 2.24) is 5.16 Å². The molecular weight excluding hydrogens is 272 g/mol. The molecule has 1 aliphatic rings. The summed E-state index contributed by atoms with van der Waals surface area (Å²) in [5, 5.41) is 6.67. The lowest BCUT2D eigenvalue weighted by Gasteiger charge is -2.25. The van der Waals surface area contributed by atoms with Crippen molar-refractivity contribution in [2.24, 2.45) is 0 Å². The smallest absolute Gasteiger partial charge is 0.269 e. The Labute approximate surface area is 122 Å². The molecule has 21 heavy (non-hydrogen) atoms. The molecule has 0 saturated carbocycles. The van der Waals surface area contributed by atoms with Gasteiger partial charge in [0.25, 0.3) is 5.91 Å². The Bertz CT molecular complexity index is 665. The summed E-state index contributed by atoms with van der Waals surface area (Å²) in [6.45, 7) is 3.90. The predicted molar refractivity (Wildman–Crippen MR) is 75.6 cm³/mol. The first kappa shape index (κ1) is 13.5. The molecule has 6 nitrogen and oxygen atoms in total. The van der Waals surface area contributed by atoms with Crippen molar-refractivity contribution in [2.45, 2.75) is 26.4 Å². The van der Waals surface area contributed by atoms with E-state index in [-0.39, 0.29) is 12.5 Å². The third kappa shape index (κ3) is 2.56. The molecule has 0 radical (unpaired) electrons. The zero-order valence-electron chi connectivity index (χ0n) is 11.9. The van der Waals surface area contributed by atoms with Crippen LogP contribution in [0.5, 0.6) is 11.5 Å². The van der Waals surface area contributed by atoms with Crippen molar-refractivity contribution < 1.29 is 18.8 Å². The van der Waals surface area contributed by atoms with Crippen LogP contribution in [0, 0.1) is 6.92 Å². The van der Waals surface area contributed by atoms with E-state index in [0.717, 1.165) is 0 Å². The zero-order chi connectivity index (χ0) is 14.8. The summed E-state index contributed by atoms with van der Waals surface area (Å²) < 4.78 is 16.4. The molecule has 1 aromatic heterocycles. The van der Waals surface area contributed by atoms with E-state index in [2.05, 4.69) is 10.5 Å². The number of hydrogen-bond donors (Lipinski definition) is 1. The molecule has 1 unspecified atom stereocenters. The fraction of sp³-hybridized carbons (Fsp3) is 0.333. The van der Waals surface area contributed by atoms with Crippen LogP contribution in [0.3, 0.4) is 0 Å². The molecule has 3 rings (SSSR count). The third-order valence-electron chi connectivity index (χ3n) is 3.30. The molecule has 0 aliphatic carbocycles. The number of nitrogens with one attached hydrogen (secondary N) is 1. The Hall–Kier alpha value is -2.50. The Morgan fingerprint density at radius 1 is 1.38 bits per heavy atom. The molecule has 1 atom stereocenters. The van der Waals surface area contributed by atoms with Gasteiger partial charge >= 0.3 is 0 Å². The highest BCUT2D eigenvalue weighted by atomic mass is 16.6. The summed E-state index contributed by atoms with van der Waals surface area (Å²) in [6, 6.07) is 7.28. The lowest BCUT2D eigenvalue weighted by molar-refractivity contribution is -0.125. The van der Waals surface area contributed by atoms with Crippen LogP contribution in [0.15, 0.2) is 28.8 Å². The SMILES string of the molecule is CCc1onc(C)c1NC(=O)C1COc2ccccc2O1. The average Bonchev–Trinajstić information content (AvgIpc) is 2.87. The van der Waals surface area contributed by atoms with Crippen LogP contribution < -0.4 is 14.8 Å². The summed E-state index contributed by atoms with van der Waals surface area (Å²) in [7, 11) is 0. The molecule has 0 saturated heterocycles. The minimum Gasteiger partial charge on any atom is -0.485 e. The molecule has 1 aromatic carbocycles. The van der Waals surface area contributed by atoms with E-state index in [4.69, 9.17) is 14.0 Å². The maximum Gasteiger partial charge on any atom is 0.269 e. The van der Waals surface area contributed by atoms with Gasteiger partial charge in [0, 0.05) is 6.42 Å². The number of fused-ring (bicyclic) bond motifs is 1. The van der Waals surface area contributed by atoms with Crippen LogP contribution in [0.4, 0.5) is 5.69 Å². The first-order valence-electron chi connectivity index (χ1n) is 6.83. The van der Waals surface area contributed by atoms with Crippen LogP contribution in [-0.4, -0.2) is 23.8 Å². The summed E-state index contributed by atoms with van der Waals surface area (Å²) in [4.78, 5) is 12.3. The number of aryl methyl sites for hydroxylation is 2. The monoisotopic (exact) mass is 288 g/mol. The van der Waals surface area contributed by atoms with Gasteiger partial charge in [0.05, 0.1) is 0 Å². The van der Waals surface area contributed by atoms with Crippen LogP contribution in [0.2, 0.25) is 0 Å². The second kappa shape index (κ2) is 5.47. The largest absolute Gasteiger partial charge is 0.485 e. The van der Waals surface area contributed by atoms with Crippen molar-refractivity contribution >= 4 is 11.6 Å². The molecular formula is C15H16N2O4. The highest BCUT2D eigenvalue weighted by molar-refractivity contribution is 5.95. The first-order valence-corrected chi connectivity index (χ1v) is 6.83. The Balaban J connectivity index is 1.74. The van der Waals surface area contributed by atoms with Gasteiger partial charge in [-0.25, -0.2) is 0 Å². The van der Waals surface area contributed by atoms with Gasteiger partial charge in [-0.2, -0.15) is 0 Å². The second-order valence-electron chi connectivity index (χ2n) is 4.77. The summed E-state index contributed by atoms with van der Waals surface area (Å²) in [5.41, 5.74) is 1.27. The van der Waals surface area contributed by atoms with Crippen molar-refractivity contribution in [3.8, 4) is 11.5 Å². The van der Waals surface area contributed by atoms with E-state index in [0.29, 0.717) is 35.1 Å². The average molecular weight is 288 g/mol. The molecule has 0 bridgehead atoms. The number of rotatable bonds is 3. The lowest BCUT2D eigenvalue weighted by atomic mass is 10.2. The van der Waals surface area contributed by atoms with Crippen LogP contribution in [0.1, 0.15) is 18.4 Å². The summed E-state index contributed by atoms with van der Waals surface area (Å²) >= 11 is 0. The molecule has 1 N–H and O–H groups in total. The molecule has 1 aliphatic heterocycles. The molecule has 110 valence electrons. The Kier molecular flexibility index (Phi) is 3.51. The second-order valence-corrected chi connectivity index (χ2v) is 4.77. The van der Waals surface area contributed by atoms with Crippen molar-refractivity contribution in [2.75, 3.05) is 11.9 Å². The normalized spacial score (nSPS) is 16.6. The lowest BCUT2D eigenvalue weighted by Crippen LogP contribution is -2.40. The van der Waals surface area contributed by atoms with Gasteiger partial charge in [-0.15, -0.1) is 0 Å². The highest BCUT2D eigenvalue weighted by Crippen LogP contribution is 2.31. The molecule has 1 amide bonds. The van der Waals surface area contributed by atoms with Gasteiger partial charge < -0.3 is 19.3 Å². The van der Waals surface area contributed by atoms with E-state index >= 15 is 0 Å². The molecule has 0 spiro atoms. The van der Waals surface area contributed by atoms with Gasteiger partial charge in [-0.1, -0.05) is 24.2 Å². The van der Waals surface area contributed by atoms with Crippen molar-refractivity contribution in [3.63, 3.8) is 0 Å². The number of aromatic nitrogens is 1. The first-order chi connectivity index (χ1) is 10.2. The van der Waals surface area contributed by atoms with Gasteiger partial charge in [0.1, 0.15) is 18.0 Å². The van der Waals surface area contributed by atoms with Gasteiger partial charge in [0.15, 0.2) is 17.3 Å². The van der Waals surface area contributed by atoms with Crippen LogP contribution >= 0.6 is 0 Å². The number of para-hydroxylation sites is 2. The van der Waals surface area contributed by atoms with Crippen LogP contribution in [0.25, 0.3) is 0 Å². The van der Waals surface area contributed by atoms with E-state index < -0.39 is 6.10 Å². The standard InChI is InChI=1S/C15H16N2O4/c1-3-10-14(9(2)17-21-10)16-15(18)13-8-19-11-6-4-5-7-12(11)20-13/h4-7,13H,3,8H2,1-2H3,(H,16,18).